The number of halogens is 3. The first-order valence-corrected chi connectivity index (χ1v) is 13.8. The summed E-state index contributed by atoms with van der Waals surface area (Å²) in [6.07, 6.45) is -3.08. The molecule has 0 spiro atoms. The zero-order valence-corrected chi connectivity index (χ0v) is 21.4. The maximum Gasteiger partial charge on any atom is 0.416 e. The van der Waals surface area contributed by atoms with Crippen LogP contribution in [-0.4, -0.2) is 39.0 Å². The van der Waals surface area contributed by atoms with Crippen molar-refractivity contribution in [2.75, 3.05) is 17.2 Å². The topological polar surface area (TPSA) is 83.6 Å². The first-order valence-electron chi connectivity index (χ1n) is 12.1. The van der Waals surface area contributed by atoms with Gasteiger partial charge < -0.3 is 15.0 Å². The van der Waals surface area contributed by atoms with Crippen molar-refractivity contribution in [3.05, 3.63) is 95.1 Å². The molecule has 1 unspecified atom stereocenters. The monoisotopic (exact) mass is 544 g/mol. The minimum atomic E-state index is -4.40. The van der Waals surface area contributed by atoms with Crippen LogP contribution in [-0.2, 0) is 27.4 Å². The summed E-state index contributed by atoms with van der Waals surface area (Å²) in [7, 11) is -3.29. The number of sulfone groups is 1. The van der Waals surface area contributed by atoms with Crippen molar-refractivity contribution >= 4 is 27.7 Å². The van der Waals surface area contributed by atoms with Gasteiger partial charge in [-0.2, -0.15) is 13.2 Å². The highest BCUT2D eigenvalue weighted by molar-refractivity contribution is 7.91. The Morgan fingerprint density at radius 1 is 1.00 bits per heavy atom. The van der Waals surface area contributed by atoms with E-state index in [2.05, 4.69) is 5.32 Å². The second-order valence-electron chi connectivity index (χ2n) is 9.19. The Morgan fingerprint density at radius 2 is 1.63 bits per heavy atom. The van der Waals surface area contributed by atoms with Gasteiger partial charge in [-0.15, -0.1) is 0 Å². The second-order valence-corrected chi connectivity index (χ2v) is 11.5. The van der Waals surface area contributed by atoms with Crippen LogP contribution in [0.5, 0.6) is 0 Å². The Balaban J connectivity index is 1.38. The summed E-state index contributed by atoms with van der Waals surface area (Å²) in [5.74, 6) is -0.397. The minimum Gasteiger partial charge on any atom is -0.361 e. The lowest BCUT2D eigenvalue weighted by atomic mass is 9.95. The number of hydrogen-bond donors (Lipinski definition) is 1. The maximum absolute atomic E-state index is 12.9. The third kappa shape index (κ3) is 6.07. The molecule has 0 aliphatic carbocycles. The van der Waals surface area contributed by atoms with Gasteiger partial charge in [0, 0.05) is 30.3 Å². The van der Waals surface area contributed by atoms with Crippen molar-refractivity contribution in [2.45, 2.75) is 42.9 Å². The summed E-state index contributed by atoms with van der Waals surface area (Å²) < 4.78 is 62.5. The molecule has 2 atom stereocenters. The van der Waals surface area contributed by atoms with Gasteiger partial charge in [0.25, 0.3) is 5.91 Å². The molecule has 0 radical (unpaired) electrons. The number of carbonyl (C=O) groups is 2. The van der Waals surface area contributed by atoms with Crippen LogP contribution in [0.15, 0.2) is 77.7 Å². The highest BCUT2D eigenvalue weighted by Gasteiger charge is 2.34. The summed E-state index contributed by atoms with van der Waals surface area (Å²) in [5.41, 5.74) is 1.94. The molecule has 200 valence electrons. The summed E-state index contributed by atoms with van der Waals surface area (Å²) in [6, 6.07) is 17.7. The van der Waals surface area contributed by atoms with E-state index < -0.39 is 27.6 Å². The first-order chi connectivity index (χ1) is 18.0. The third-order valence-electron chi connectivity index (χ3n) is 6.79. The van der Waals surface area contributed by atoms with Crippen molar-refractivity contribution in [1.29, 1.82) is 0 Å². The number of nitrogens with zero attached hydrogens (tertiary/aromatic N) is 1. The van der Waals surface area contributed by atoms with Gasteiger partial charge in [0.2, 0.25) is 0 Å². The molecule has 0 aromatic heterocycles. The van der Waals surface area contributed by atoms with E-state index in [1.54, 1.807) is 43.3 Å². The van der Waals surface area contributed by atoms with Gasteiger partial charge in [0.05, 0.1) is 22.3 Å². The maximum atomic E-state index is 12.9. The fourth-order valence-corrected chi connectivity index (χ4v) is 5.43. The van der Waals surface area contributed by atoms with E-state index >= 15 is 0 Å². The van der Waals surface area contributed by atoms with E-state index in [1.807, 2.05) is 4.90 Å². The predicted octanol–water partition coefficient (Wildman–Crippen LogP) is 4.99. The van der Waals surface area contributed by atoms with Crippen molar-refractivity contribution in [3.8, 4) is 0 Å². The van der Waals surface area contributed by atoms with E-state index in [0.29, 0.717) is 18.5 Å². The quantitative estimate of drug-likeness (QED) is 0.404. The van der Waals surface area contributed by atoms with Crippen LogP contribution >= 0.6 is 0 Å². The van der Waals surface area contributed by atoms with Crippen LogP contribution in [0, 0.1) is 0 Å². The van der Waals surface area contributed by atoms with E-state index in [9.17, 15) is 31.2 Å². The van der Waals surface area contributed by atoms with Crippen LogP contribution in [0.2, 0.25) is 0 Å². The number of aldehydes is 1. The Hall–Kier alpha value is -3.66. The summed E-state index contributed by atoms with van der Waals surface area (Å²) in [4.78, 5) is 26.5. The summed E-state index contributed by atoms with van der Waals surface area (Å²) in [6.45, 7) is 2.26. The molecule has 3 aromatic rings. The lowest BCUT2D eigenvalue weighted by Crippen LogP contribution is -2.30. The Bertz CT molecular complexity index is 1390. The van der Waals surface area contributed by atoms with Crippen molar-refractivity contribution < 1.29 is 31.2 Å². The van der Waals surface area contributed by atoms with E-state index in [-0.39, 0.29) is 29.0 Å². The number of amides is 1. The molecule has 1 aliphatic heterocycles. The molecule has 1 amide bonds. The Kier molecular flexibility index (Phi) is 7.91. The molecule has 10 heteroatoms. The van der Waals surface area contributed by atoms with Gasteiger partial charge in [-0.25, -0.2) is 8.42 Å². The number of rotatable bonds is 8. The van der Waals surface area contributed by atoms with Gasteiger partial charge >= 0.3 is 6.18 Å². The number of nitrogens with one attached hydrogen (secondary N) is 1. The number of alkyl halides is 3. The fourth-order valence-electron chi connectivity index (χ4n) is 4.55. The molecule has 1 fully saturated rings. The zero-order chi connectivity index (χ0) is 27.5. The SMILES string of the molecule is CCS(=O)(=O)c1ccc(CNC(=O)c2ccc(N3CC(c4ccc(C(F)(F)F)cc4)C[C@H]3C=O)cc2)cc1. The zero-order valence-electron chi connectivity index (χ0n) is 20.6. The summed E-state index contributed by atoms with van der Waals surface area (Å²) in [5, 5.41) is 2.80. The minimum absolute atomic E-state index is 0.0137. The average molecular weight is 545 g/mol. The largest absolute Gasteiger partial charge is 0.416 e. The molecule has 3 aromatic carbocycles. The third-order valence-corrected chi connectivity index (χ3v) is 8.54. The van der Waals surface area contributed by atoms with Gasteiger partial charge in [0.1, 0.15) is 6.29 Å². The predicted molar refractivity (Wildman–Crippen MR) is 138 cm³/mol. The molecule has 1 saturated heterocycles. The molecule has 1 aliphatic rings. The van der Waals surface area contributed by atoms with E-state index in [1.165, 1.54) is 24.3 Å². The van der Waals surface area contributed by atoms with Crippen molar-refractivity contribution in [1.82, 2.24) is 5.32 Å². The molecule has 0 bridgehead atoms. The van der Waals surface area contributed by atoms with Crippen LogP contribution in [0.3, 0.4) is 0 Å². The highest BCUT2D eigenvalue weighted by Crippen LogP contribution is 2.36. The molecule has 1 N–H and O–H groups in total. The first kappa shape index (κ1) is 27.4. The van der Waals surface area contributed by atoms with Crippen LogP contribution in [0.1, 0.15) is 46.3 Å². The fraction of sp³-hybridized carbons (Fsp3) is 0.286. The van der Waals surface area contributed by atoms with Crippen LogP contribution in [0.25, 0.3) is 0 Å². The molecule has 0 saturated carbocycles. The average Bonchev–Trinajstić information content (AvgIpc) is 3.36. The van der Waals surface area contributed by atoms with Crippen LogP contribution in [0.4, 0.5) is 18.9 Å². The highest BCUT2D eigenvalue weighted by atomic mass is 32.2. The Labute approximate surface area is 219 Å². The lowest BCUT2D eigenvalue weighted by molar-refractivity contribution is -0.137. The number of anilines is 1. The molecular formula is C28H27F3N2O4S. The van der Waals surface area contributed by atoms with Crippen molar-refractivity contribution in [2.24, 2.45) is 0 Å². The number of benzene rings is 3. The van der Waals surface area contributed by atoms with Gasteiger partial charge in [-0.3, -0.25) is 4.79 Å². The van der Waals surface area contributed by atoms with Gasteiger partial charge in [0.15, 0.2) is 9.84 Å². The van der Waals surface area contributed by atoms with E-state index in [4.69, 9.17) is 0 Å². The van der Waals surface area contributed by atoms with E-state index in [0.717, 1.165) is 35.2 Å². The van der Waals surface area contributed by atoms with Crippen molar-refractivity contribution in [3.63, 3.8) is 0 Å². The molecule has 38 heavy (non-hydrogen) atoms. The normalized spacial score (nSPS) is 17.8. The van der Waals surface area contributed by atoms with Gasteiger partial charge in [-0.05, 0) is 66.1 Å². The van der Waals surface area contributed by atoms with Gasteiger partial charge in [-0.1, -0.05) is 31.2 Å². The molecular weight excluding hydrogens is 517 g/mol. The standard InChI is InChI=1S/C28H27F3N2O4S/c1-2-38(36,37)26-13-3-19(4-14-26)16-32-27(35)21-7-11-24(12-8-21)33-17-22(15-25(33)18-34)20-5-9-23(10-6-20)28(29,30)31/h3-14,18,22,25H,2,15-17H2,1H3,(H,32,35)/t22?,25-/m0/s1. The number of hydrogen-bond acceptors (Lipinski definition) is 5. The van der Waals surface area contributed by atoms with Crippen LogP contribution < -0.4 is 10.2 Å². The number of carbonyl (C=O) groups excluding carboxylic acids is 2. The molecule has 1 heterocycles. The smallest absolute Gasteiger partial charge is 0.361 e. The molecule has 4 rings (SSSR count). The molecule has 6 nitrogen and oxygen atoms in total. The second kappa shape index (κ2) is 11.0. The Morgan fingerprint density at radius 3 is 2.18 bits per heavy atom. The lowest BCUT2D eigenvalue weighted by Gasteiger charge is -2.23. The summed E-state index contributed by atoms with van der Waals surface area (Å²) >= 11 is 0.